The van der Waals surface area contributed by atoms with Gasteiger partial charge in [-0.2, -0.15) is 0 Å². The van der Waals surface area contributed by atoms with Gasteiger partial charge in [0, 0.05) is 43.9 Å². The highest BCUT2D eigenvalue weighted by molar-refractivity contribution is 6.68. The zero-order valence-electron chi connectivity index (χ0n) is 32.7. The lowest BCUT2D eigenvalue weighted by atomic mass is 9.59. The Kier molecular flexibility index (Phi) is 8.71. The molecule has 8 aromatic carbocycles. The van der Waals surface area contributed by atoms with Crippen LogP contribution in [0.5, 0.6) is 0 Å². The predicted molar refractivity (Wildman–Crippen MR) is 256 cm³/mol. The van der Waals surface area contributed by atoms with Crippen LogP contribution in [0.4, 0.5) is 0 Å². The van der Waals surface area contributed by atoms with Gasteiger partial charge in [-0.15, -0.1) is 16.4 Å². The molecule has 61 heavy (non-hydrogen) atoms. The van der Waals surface area contributed by atoms with Crippen LogP contribution in [0.2, 0.25) is 0 Å². The molecule has 0 bridgehead atoms. The number of furan rings is 1. The minimum atomic E-state index is 0.171. The van der Waals surface area contributed by atoms with Crippen LogP contribution in [0.3, 0.4) is 0 Å². The first-order valence-electron chi connectivity index (χ1n) is 19.8. The number of benzene rings is 8. The molecular weight excluding hydrogens is 739 g/mol. The molecular formula is C51H27B5N4O. The Hall–Kier alpha value is -7.31. The fraction of sp³-hybridized carbons (Fsp3) is 0. The molecule has 10 heteroatoms. The summed E-state index contributed by atoms with van der Waals surface area (Å²) in [5, 5.41) is 4.43. The second-order valence-corrected chi connectivity index (χ2v) is 15.1. The van der Waals surface area contributed by atoms with Gasteiger partial charge in [-0.3, -0.25) is 0 Å². The zero-order valence-corrected chi connectivity index (χ0v) is 32.7. The molecule has 0 atom stereocenters. The van der Waals surface area contributed by atoms with Crippen molar-refractivity contribution in [1.29, 1.82) is 0 Å². The summed E-state index contributed by atoms with van der Waals surface area (Å²) in [4.78, 5) is 14.9. The molecule has 5 nitrogen and oxygen atoms in total. The molecule has 3 heterocycles. The zero-order chi connectivity index (χ0) is 41.4. The summed E-state index contributed by atoms with van der Waals surface area (Å²) < 4.78 is 8.93. The largest absolute Gasteiger partial charge is 0.456 e. The van der Waals surface area contributed by atoms with Crippen molar-refractivity contribution in [1.82, 2.24) is 19.5 Å². The molecule has 0 aliphatic heterocycles. The highest BCUT2D eigenvalue weighted by Gasteiger charge is 2.19. The van der Waals surface area contributed by atoms with Gasteiger partial charge in [0.05, 0.1) is 11.0 Å². The van der Waals surface area contributed by atoms with Crippen LogP contribution in [-0.2, 0) is 0 Å². The van der Waals surface area contributed by atoms with Crippen LogP contribution >= 0.6 is 0 Å². The number of hydrogen-bond donors (Lipinski definition) is 0. The summed E-state index contributed by atoms with van der Waals surface area (Å²) in [6, 6.07) is 55.6. The minimum absolute atomic E-state index is 0.171. The lowest BCUT2D eigenvalue weighted by Crippen LogP contribution is -2.55. The highest BCUT2D eigenvalue weighted by Crippen LogP contribution is 2.41. The number of rotatable bonds is 6. The van der Waals surface area contributed by atoms with Crippen LogP contribution < -0.4 is 27.3 Å². The maximum atomic E-state index is 6.60. The third kappa shape index (κ3) is 6.04. The van der Waals surface area contributed by atoms with Crippen molar-refractivity contribution in [2.24, 2.45) is 0 Å². The molecule has 10 radical (unpaired) electrons. The first-order valence-corrected chi connectivity index (χ1v) is 19.8. The summed E-state index contributed by atoms with van der Waals surface area (Å²) in [5.41, 5.74) is 11.9. The van der Waals surface area contributed by atoms with E-state index in [9.17, 15) is 0 Å². The molecule has 3 aromatic heterocycles. The van der Waals surface area contributed by atoms with Gasteiger partial charge in [-0.25, -0.2) is 15.0 Å². The molecule has 0 unspecified atom stereocenters. The average molecular weight is 766 g/mol. The normalized spacial score (nSPS) is 11.6. The van der Waals surface area contributed by atoms with Crippen molar-refractivity contribution in [3.8, 4) is 62.1 Å². The van der Waals surface area contributed by atoms with Crippen molar-refractivity contribution in [3.63, 3.8) is 0 Å². The molecule has 11 rings (SSSR count). The number of aromatic nitrogens is 4. The molecule has 0 aliphatic carbocycles. The van der Waals surface area contributed by atoms with E-state index in [-0.39, 0.29) is 27.3 Å². The lowest BCUT2D eigenvalue weighted by molar-refractivity contribution is 0.669. The van der Waals surface area contributed by atoms with E-state index in [1.165, 1.54) is 16.3 Å². The van der Waals surface area contributed by atoms with Gasteiger partial charge < -0.3 is 8.98 Å². The van der Waals surface area contributed by atoms with E-state index < -0.39 is 0 Å². The summed E-state index contributed by atoms with van der Waals surface area (Å²) in [5.74, 6) is 1.53. The van der Waals surface area contributed by atoms with Gasteiger partial charge in [-0.1, -0.05) is 126 Å². The quantitative estimate of drug-likeness (QED) is 0.169. The Labute approximate surface area is 358 Å². The van der Waals surface area contributed by atoms with Crippen molar-refractivity contribution in [2.75, 3.05) is 0 Å². The third-order valence-corrected chi connectivity index (χ3v) is 11.6. The molecule has 0 saturated carbocycles. The standard InChI is InChI=1S/C51H27B5N4O/c52-44-42(45(53)47(55)48(56)46(44)54)28-18-20-30(21-19-28)50-57-49(29-10-3-1-4-11-29)58-51(59-50)32-22-24-36-41(27-32)61-40-17-9-15-34(43(36)40)31-23-25-39-37(26-31)35-14-7-8-16-38(35)60(39)33-12-5-2-6-13-33/h1-27H. The SMILES string of the molecule is [B]c1c([B])c([B])c(-c2ccc(-c3nc(-c4ccccc4)nc(-c4ccc5c(c4)oc4cccc(-c6ccc7c(c6)c6ccccc6n7-c6ccccc6)c45)n3)cc2)c([B])c1[B]. The van der Waals surface area contributed by atoms with E-state index in [1.54, 1.807) is 0 Å². The van der Waals surface area contributed by atoms with Crippen molar-refractivity contribution in [2.45, 2.75) is 0 Å². The van der Waals surface area contributed by atoms with E-state index in [4.69, 9.17) is 58.6 Å². The molecule has 0 aliphatic rings. The fourth-order valence-corrected chi connectivity index (χ4v) is 8.50. The van der Waals surface area contributed by atoms with E-state index in [1.807, 2.05) is 84.9 Å². The predicted octanol–water partition coefficient (Wildman–Crippen LogP) is 7.17. The molecule has 0 spiro atoms. The van der Waals surface area contributed by atoms with Crippen molar-refractivity contribution < 1.29 is 4.42 Å². The van der Waals surface area contributed by atoms with Gasteiger partial charge in [0.25, 0.3) is 0 Å². The molecule has 272 valence electrons. The van der Waals surface area contributed by atoms with Crippen molar-refractivity contribution in [3.05, 3.63) is 164 Å². The summed E-state index contributed by atoms with van der Waals surface area (Å²) >= 11 is 0. The molecule has 0 N–H and O–H groups in total. The summed E-state index contributed by atoms with van der Waals surface area (Å²) in [6.07, 6.45) is 0. The van der Waals surface area contributed by atoms with E-state index in [0.717, 1.165) is 66.5 Å². The van der Waals surface area contributed by atoms with Gasteiger partial charge in [0.15, 0.2) is 17.5 Å². The average Bonchev–Trinajstić information content (AvgIpc) is 3.86. The molecule has 0 fully saturated rings. The smallest absolute Gasteiger partial charge is 0.164 e. The lowest BCUT2D eigenvalue weighted by Gasteiger charge is -2.21. The van der Waals surface area contributed by atoms with Crippen LogP contribution in [0.25, 0.3) is 106 Å². The Balaban J connectivity index is 1.02. The summed E-state index contributed by atoms with van der Waals surface area (Å²) in [6.45, 7) is 0. The third-order valence-electron chi connectivity index (χ3n) is 11.6. The number of fused-ring (bicyclic) bond motifs is 6. The Morgan fingerprint density at radius 1 is 0.377 bits per heavy atom. The maximum Gasteiger partial charge on any atom is 0.164 e. The maximum absolute atomic E-state index is 6.60. The highest BCUT2D eigenvalue weighted by atomic mass is 16.3. The fourth-order valence-electron chi connectivity index (χ4n) is 8.50. The molecule has 11 aromatic rings. The summed E-state index contributed by atoms with van der Waals surface area (Å²) in [7, 11) is 31.2. The van der Waals surface area contributed by atoms with E-state index in [2.05, 4.69) is 83.4 Å². The van der Waals surface area contributed by atoms with Crippen LogP contribution in [-0.4, -0.2) is 58.8 Å². The Bertz CT molecular complexity index is 3500. The van der Waals surface area contributed by atoms with E-state index >= 15 is 0 Å². The first-order chi connectivity index (χ1) is 29.8. The second-order valence-electron chi connectivity index (χ2n) is 15.1. The van der Waals surface area contributed by atoms with E-state index in [0.29, 0.717) is 23.0 Å². The monoisotopic (exact) mass is 766 g/mol. The first kappa shape index (κ1) is 36.8. The topological polar surface area (TPSA) is 56.7 Å². The van der Waals surface area contributed by atoms with Gasteiger partial charge in [0.2, 0.25) is 0 Å². The van der Waals surface area contributed by atoms with Crippen molar-refractivity contribution >= 4 is 110 Å². The Morgan fingerprint density at radius 3 is 1.66 bits per heavy atom. The Morgan fingerprint density at radius 2 is 0.934 bits per heavy atom. The molecule has 0 saturated heterocycles. The second kappa shape index (κ2) is 14.5. The number of para-hydroxylation sites is 2. The van der Waals surface area contributed by atoms with Gasteiger partial charge >= 0.3 is 0 Å². The van der Waals surface area contributed by atoms with Crippen LogP contribution in [0.15, 0.2) is 168 Å². The van der Waals surface area contributed by atoms with Crippen LogP contribution in [0.1, 0.15) is 0 Å². The number of hydrogen-bond acceptors (Lipinski definition) is 4. The molecule has 0 amide bonds. The number of nitrogens with zero attached hydrogens (tertiary/aromatic N) is 4. The van der Waals surface area contributed by atoms with Gasteiger partial charge in [-0.05, 0) is 70.8 Å². The minimum Gasteiger partial charge on any atom is -0.456 e. The van der Waals surface area contributed by atoms with Crippen LogP contribution in [0, 0.1) is 0 Å². The van der Waals surface area contributed by atoms with Gasteiger partial charge in [0.1, 0.15) is 50.4 Å².